The first-order valence-electron chi connectivity index (χ1n) is 26.6. The van der Waals surface area contributed by atoms with Crippen LogP contribution in [0.25, 0.3) is 0 Å². The fourth-order valence-electron chi connectivity index (χ4n) is 8.10. The van der Waals surface area contributed by atoms with E-state index >= 15 is 0 Å². The lowest BCUT2D eigenvalue weighted by Gasteiger charge is -2.20. The molecule has 0 bridgehead atoms. The number of amides is 1. The Morgan fingerprint density at radius 2 is 0.783 bits per heavy atom. The molecule has 1 amide bonds. The number of hydrogen-bond donors (Lipinski definition) is 3. The predicted molar refractivity (Wildman–Crippen MR) is 260 cm³/mol. The van der Waals surface area contributed by atoms with Crippen molar-refractivity contribution in [1.29, 1.82) is 0 Å². The van der Waals surface area contributed by atoms with Crippen LogP contribution < -0.4 is 5.32 Å². The van der Waals surface area contributed by atoms with Crippen LogP contribution in [0, 0.1) is 0 Å². The zero-order valence-corrected chi connectivity index (χ0v) is 40.2. The number of carbonyl (C=O) groups excluding carboxylic acids is 2. The van der Waals surface area contributed by atoms with Crippen molar-refractivity contribution < 1.29 is 24.5 Å². The van der Waals surface area contributed by atoms with Crippen LogP contribution in [0.4, 0.5) is 0 Å². The van der Waals surface area contributed by atoms with Gasteiger partial charge in [0.25, 0.3) is 0 Å². The number of nitrogens with one attached hydrogen (secondary N) is 1. The van der Waals surface area contributed by atoms with Crippen LogP contribution in [0.3, 0.4) is 0 Å². The SMILES string of the molecule is CCCCCCCCC/C=C/C(O)C(CO)NC(=O)CCCCCCCCC/C=C\CCCCCCCCCCCCCOC(=O)CCCCCCCCCCCCCC. The number of unbranched alkanes of at least 4 members (excludes halogenated alkanes) is 36. The largest absolute Gasteiger partial charge is 0.466 e. The molecule has 0 spiro atoms. The summed E-state index contributed by atoms with van der Waals surface area (Å²) in [6, 6.07) is -0.630. The summed E-state index contributed by atoms with van der Waals surface area (Å²) >= 11 is 0. The molecule has 0 aromatic rings. The summed E-state index contributed by atoms with van der Waals surface area (Å²) in [6.45, 7) is 4.87. The molecule has 0 aromatic carbocycles. The van der Waals surface area contributed by atoms with Crippen LogP contribution in [0.5, 0.6) is 0 Å². The van der Waals surface area contributed by atoms with Gasteiger partial charge in [-0.3, -0.25) is 9.59 Å². The van der Waals surface area contributed by atoms with Gasteiger partial charge in [0.2, 0.25) is 5.91 Å². The molecule has 60 heavy (non-hydrogen) atoms. The van der Waals surface area contributed by atoms with Crippen LogP contribution in [-0.4, -0.2) is 47.4 Å². The molecule has 0 saturated carbocycles. The highest BCUT2D eigenvalue weighted by atomic mass is 16.5. The lowest BCUT2D eigenvalue weighted by molar-refractivity contribution is -0.143. The normalized spacial score (nSPS) is 12.8. The molecule has 0 aliphatic carbocycles. The second kappa shape index (κ2) is 50.0. The standard InChI is InChI=1S/C54H103NO5/c1-3-5-7-9-11-13-14-28-32-36-40-44-48-54(59)60-49-45-41-37-33-29-26-24-22-20-18-16-15-17-19-21-23-25-27-31-35-39-43-47-53(58)55-51(50-56)52(57)46-42-38-34-30-12-10-8-6-4-2/h17,19,42,46,51-52,56-57H,3-16,18,20-41,43-45,47-50H2,1-2H3,(H,55,58)/b19-17-,46-42+. The van der Waals surface area contributed by atoms with Gasteiger partial charge in [0, 0.05) is 12.8 Å². The van der Waals surface area contributed by atoms with E-state index in [1.165, 1.54) is 212 Å². The Morgan fingerprint density at radius 1 is 0.450 bits per heavy atom. The van der Waals surface area contributed by atoms with E-state index in [4.69, 9.17) is 4.74 Å². The summed E-state index contributed by atoms with van der Waals surface area (Å²) in [5, 5.41) is 22.9. The highest BCUT2D eigenvalue weighted by Gasteiger charge is 2.18. The Hall–Kier alpha value is -1.66. The fraction of sp³-hybridized carbons (Fsp3) is 0.889. The highest BCUT2D eigenvalue weighted by Crippen LogP contribution is 2.16. The van der Waals surface area contributed by atoms with E-state index in [1.54, 1.807) is 6.08 Å². The number of ether oxygens (including phenoxy) is 1. The van der Waals surface area contributed by atoms with Crippen molar-refractivity contribution in [3.8, 4) is 0 Å². The Morgan fingerprint density at radius 3 is 1.18 bits per heavy atom. The summed E-state index contributed by atoms with van der Waals surface area (Å²) in [4.78, 5) is 24.4. The molecular formula is C54H103NO5. The number of aliphatic hydroxyl groups excluding tert-OH is 2. The maximum atomic E-state index is 12.4. The predicted octanol–water partition coefficient (Wildman–Crippen LogP) is 15.9. The molecule has 6 heteroatoms. The summed E-state index contributed by atoms with van der Waals surface area (Å²) in [6.07, 6.45) is 59.1. The van der Waals surface area contributed by atoms with Crippen molar-refractivity contribution in [2.75, 3.05) is 13.2 Å². The molecule has 0 fully saturated rings. The van der Waals surface area contributed by atoms with E-state index in [1.807, 2.05) is 6.08 Å². The first kappa shape index (κ1) is 58.3. The van der Waals surface area contributed by atoms with Gasteiger partial charge in [-0.2, -0.15) is 0 Å². The second-order valence-electron chi connectivity index (χ2n) is 18.2. The molecule has 0 aliphatic rings. The van der Waals surface area contributed by atoms with E-state index in [0.717, 1.165) is 44.9 Å². The highest BCUT2D eigenvalue weighted by molar-refractivity contribution is 5.76. The van der Waals surface area contributed by atoms with Crippen LogP contribution in [-0.2, 0) is 14.3 Å². The maximum Gasteiger partial charge on any atom is 0.305 e. The van der Waals surface area contributed by atoms with Crippen molar-refractivity contribution >= 4 is 11.9 Å². The first-order chi connectivity index (χ1) is 29.5. The third kappa shape index (κ3) is 45.9. The summed E-state index contributed by atoms with van der Waals surface area (Å²) in [7, 11) is 0. The Labute approximate surface area is 373 Å². The third-order valence-electron chi connectivity index (χ3n) is 12.2. The third-order valence-corrected chi connectivity index (χ3v) is 12.2. The van der Waals surface area contributed by atoms with Gasteiger partial charge >= 0.3 is 5.97 Å². The molecule has 2 atom stereocenters. The molecule has 354 valence electrons. The van der Waals surface area contributed by atoms with Gasteiger partial charge in [0.15, 0.2) is 0 Å². The minimum Gasteiger partial charge on any atom is -0.466 e. The summed E-state index contributed by atoms with van der Waals surface area (Å²) in [5.41, 5.74) is 0. The Bertz CT molecular complexity index is 935. The van der Waals surface area contributed by atoms with E-state index in [0.29, 0.717) is 19.4 Å². The van der Waals surface area contributed by atoms with Gasteiger partial charge < -0.3 is 20.3 Å². The van der Waals surface area contributed by atoms with E-state index in [2.05, 4.69) is 31.3 Å². The molecule has 6 nitrogen and oxygen atoms in total. The Balaban J connectivity index is 3.41. The number of hydrogen-bond acceptors (Lipinski definition) is 5. The molecule has 0 heterocycles. The molecule has 0 saturated heterocycles. The number of allylic oxidation sites excluding steroid dienone is 3. The van der Waals surface area contributed by atoms with Crippen molar-refractivity contribution in [2.24, 2.45) is 0 Å². The molecule has 0 radical (unpaired) electrons. The van der Waals surface area contributed by atoms with E-state index in [-0.39, 0.29) is 18.5 Å². The zero-order chi connectivity index (χ0) is 43.7. The number of aliphatic hydroxyl groups is 2. The molecule has 2 unspecified atom stereocenters. The number of esters is 1. The zero-order valence-electron chi connectivity index (χ0n) is 40.2. The van der Waals surface area contributed by atoms with Crippen LogP contribution in [0.1, 0.15) is 284 Å². The lowest BCUT2D eigenvalue weighted by atomic mass is 10.0. The van der Waals surface area contributed by atoms with Crippen molar-refractivity contribution in [3.05, 3.63) is 24.3 Å². The molecule has 3 N–H and O–H groups in total. The molecule has 0 aliphatic heterocycles. The average Bonchev–Trinajstić information content (AvgIpc) is 3.25. The fourth-order valence-corrected chi connectivity index (χ4v) is 8.10. The van der Waals surface area contributed by atoms with Gasteiger partial charge in [-0.15, -0.1) is 0 Å². The summed E-state index contributed by atoms with van der Waals surface area (Å²) in [5.74, 6) is -0.0682. The van der Waals surface area contributed by atoms with Gasteiger partial charge in [-0.25, -0.2) is 0 Å². The maximum absolute atomic E-state index is 12.4. The number of rotatable bonds is 49. The topological polar surface area (TPSA) is 95.9 Å². The summed E-state index contributed by atoms with van der Waals surface area (Å²) < 4.78 is 5.46. The minimum atomic E-state index is -0.845. The van der Waals surface area contributed by atoms with Crippen molar-refractivity contribution in [2.45, 2.75) is 296 Å². The van der Waals surface area contributed by atoms with Gasteiger partial charge in [0.1, 0.15) is 0 Å². The minimum absolute atomic E-state index is 0.00958. The van der Waals surface area contributed by atoms with E-state index in [9.17, 15) is 19.8 Å². The first-order valence-corrected chi connectivity index (χ1v) is 26.6. The molecule has 0 aromatic heterocycles. The molecular weight excluding hydrogens is 743 g/mol. The van der Waals surface area contributed by atoms with Crippen LogP contribution in [0.2, 0.25) is 0 Å². The van der Waals surface area contributed by atoms with Crippen LogP contribution in [0.15, 0.2) is 24.3 Å². The quantitative estimate of drug-likeness (QED) is 0.0322. The average molecular weight is 846 g/mol. The van der Waals surface area contributed by atoms with Crippen molar-refractivity contribution in [3.63, 3.8) is 0 Å². The molecule has 0 rings (SSSR count). The van der Waals surface area contributed by atoms with E-state index < -0.39 is 12.1 Å². The Kier molecular flexibility index (Phi) is 48.6. The number of carbonyl (C=O) groups is 2. The van der Waals surface area contributed by atoms with Gasteiger partial charge in [0.05, 0.1) is 25.4 Å². The van der Waals surface area contributed by atoms with Crippen LogP contribution >= 0.6 is 0 Å². The second-order valence-corrected chi connectivity index (χ2v) is 18.2. The van der Waals surface area contributed by atoms with Crippen molar-refractivity contribution in [1.82, 2.24) is 5.32 Å². The smallest absolute Gasteiger partial charge is 0.305 e. The lowest BCUT2D eigenvalue weighted by Crippen LogP contribution is -2.45. The van der Waals surface area contributed by atoms with Gasteiger partial charge in [-0.1, -0.05) is 237 Å². The van der Waals surface area contributed by atoms with Gasteiger partial charge in [-0.05, 0) is 57.8 Å². The monoisotopic (exact) mass is 846 g/mol.